The number of nitrogens with one attached hydrogen (secondary N) is 1. The molecule has 0 heterocycles. The van der Waals surface area contributed by atoms with Crippen LogP contribution in [0.2, 0.25) is 0 Å². The zero-order valence-electron chi connectivity index (χ0n) is 11.6. The van der Waals surface area contributed by atoms with Gasteiger partial charge >= 0.3 is 0 Å². The molecule has 0 saturated carbocycles. The summed E-state index contributed by atoms with van der Waals surface area (Å²) in [5.74, 6) is -0.0860. The van der Waals surface area contributed by atoms with E-state index < -0.39 is 0 Å². The minimum Gasteiger partial charge on any atom is -0.326 e. The molecule has 0 bridgehead atoms. The molecule has 0 aromatic heterocycles. The van der Waals surface area contributed by atoms with Crippen molar-refractivity contribution in [2.45, 2.75) is 19.9 Å². The van der Waals surface area contributed by atoms with E-state index in [0.717, 1.165) is 16.9 Å². The Morgan fingerprint density at radius 3 is 2.30 bits per heavy atom. The maximum atomic E-state index is 10.9. The number of carbonyl (C=O) groups is 1. The highest BCUT2D eigenvalue weighted by atomic mass is 16.1. The molecule has 102 valence electrons. The quantitative estimate of drug-likeness (QED) is 0.815. The van der Waals surface area contributed by atoms with E-state index in [9.17, 15) is 4.79 Å². The molecule has 0 aliphatic rings. The highest BCUT2D eigenvalue weighted by Gasteiger charge is 2.02. The van der Waals surface area contributed by atoms with Crippen molar-refractivity contribution in [2.24, 2.45) is 10.2 Å². The van der Waals surface area contributed by atoms with Crippen molar-refractivity contribution >= 4 is 17.3 Å². The topological polar surface area (TPSA) is 53.8 Å². The number of hydrogen-bond acceptors (Lipinski definition) is 3. The average molecular weight is 267 g/mol. The van der Waals surface area contributed by atoms with Crippen molar-refractivity contribution in [2.75, 3.05) is 5.32 Å². The van der Waals surface area contributed by atoms with Crippen LogP contribution >= 0.6 is 0 Å². The van der Waals surface area contributed by atoms with E-state index in [1.54, 1.807) is 0 Å². The van der Waals surface area contributed by atoms with Crippen LogP contribution in [0.5, 0.6) is 0 Å². The van der Waals surface area contributed by atoms with Gasteiger partial charge in [0.05, 0.1) is 11.7 Å². The van der Waals surface area contributed by atoms with Crippen molar-refractivity contribution in [3.8, 4) is 0 Å². The lowest BCUT2D eigenvalue weighted by Gasteiger charge is -2.05. The third-order valence-electron chi connectivity index (χ3n) is 2.82. The Morgan fingerprint density at radius 2 is 1.70 bits per heavy atom. The van der Waals surface area contributed by atoms with Crippen LogP contribution in [0.25, 0.3) is 0 Å². The number of carbonyl (C=O) groups excluding carboxylic acids is 1. The van der Waals surface area contributed by atoms with Crippen LogP contribution in [0.1, 0.15) is 25.5 Å². The molecule has 1 atom stereocenters. The molecule has 1 N–H and O–H groups in total. The molecule has 0 aliphatic heterocycles. The molecular formula is C16H17N3O. The monoisotopic (exact) mass is 267 g/mol. The molecule has 2 aromatic carbocycles. The number of amides is 1. The first-order valence-corrected chi connectivity index (χ1v) is 6.48. The van der Waals surface area contributed by atoms with Gasteiger partial charge in [0.2, 0.25) is 5.91 Å². The van der Waals surface area contributed by atoms with E-state index >= 15 is 0 Å². The fourth-order valence-electron chi connectivity index (χ4n) is 1.77. The summed E-state index contributed by atoms with van der Waals surface area (Å²) in [5, 5.41) is 11.2. The van der Waals surface area contributed by atoms with E-state index in [1.807, 2.05) is 61.5 Å². The van der Waals surface area contributed by atoms with Gasteiger partial charge in [0.25, 0.3) is 0 Å². The number of azo groups is 1. The number of nitrogens with zero attached hydrogens (tertiary/aromatic N) is 2. The van der Waals surface area contributed by atoms with Gasteiger partial charge in [-0.15, -0.1) is 0 Å². The molecule has 4 nitrogen and oxygen atoms in total. The molecule has 0 aliphatic carbocycles. The highest BCUT2D eigenvalue weighted by molar-refractivity contribution is 5.88. The number of rotatable bonds is 4. The number of anilines is 1. The molecular weight excluding hydrogens is 250 g/mol. The SMILES string of the molecule is CC(=O)Nc1ccc(N=NC(C)c2ccccc2)cc1. The van der Waals surface area contributed by atoms with Crippen molar-refractivity contribution in [1.29, 1.82) is 0 Å². The second kappa shape index (κ2) is 6.61. The Balaban J connectivity index is 2.02. The summed E-state index contributed by atoms with van der Waals surface area (Å²) in [5.41, 5.74) is 2.65. The fourth-order valence-corrected chi connectivity index (χ4v) is 1.77. The van der Waals surface area contributed by atoms with Crippen LogP contribution < -0.4 is 5.32 Å². The predicted octanol–water partition coefficient (Wildman–Crippen LogP) is 4.49. The fraction of sp³-hybridized carbons (Fsp3) is 0.188. The standard InChI is InChI=1S/C16H17N3O/c1-12(14-6-4-3-5-7-14)18-19-16-10-8-15(9-11-16)17-13(2)20/h3-12H,1-2H3,(H,17,20). The Bertz CT molecular complexity index is 591. The minimum atomic E-state index is -0.0860. The molecule has 20 heavy (non-hydrogen) atoms. The van der Waals surface area contributed by atoms with E-state index in [4.69, 9.17) is 0 Å². The van der Waals surface area contributed by atoms with E-state index in [-0.39, 0.29) is 11.9 Å². The molecule has 0 fully saturated rings. The summed E-state index contributed by atoms with van der Waals surface area (Å²) in [6.07, 6.45) is 0. The van der Waals surface area contributed by atoms with E-state index in [2.05, 4.69) is 15.5 Å². The first-order valence-electron chi connectivity index (χ1n) is 6.48. The Hall–Kier alpha value is -2.49. The predicted molar refractivity (Wildman–Crippen MR) is 80.1 cm³/mol. The lowest BCUT2D eigenvalue weighted by atomic mass is 10.1. The molecule has 0 radical (unpaired) electrons. The Kier molecular flexibility index (Phi) is 4.60. The third kappa shape index (κ3) is 4.02. The highest BCUT2D eigenvalue weighted by Crippen LogP contribution is 2.21. The second-order valence-electron chi connectivity index (χ2n) is 4.53. The summed E-state index contributed by atoms with van der Waals surface area (Å²) >= 11 is 0. The summed E-state index contributed by atoms with van der Waals surface area (Å²) in [6, 6.07) is 17.3. The summed E-state index contributed by atoms with van der Waals surface area (Å²) < 4.78 is 0. The van der Waals surface area contributed by atoms with Crippen LogP contribution in [0.3, 0.4) is 0 Å². The molecule has 4 heteroatoms. The summed E-state index contributed by atoms with van der Waals surface area (Å²) in [6.45, 7) is 3.49. The lowest BCUT2D eigenvalue weighted by molar-refractivity contribution is -0.114. The van der Waals surface area contributed by atoms with E-state index in [1.165, 1.54) is 6.92 Å². The largest absolute Gasteiger partial charge is 0.326 e. The molecule has 1 unspecified atom stereocenters. The van der Waals surface area contributed by atoms with Gasteiger partial charge in [0.15, 0.2) is 0 Å². The molecule has 1 amide bonds. The smallest absolute Gasteiger partial charge is 0.221 e. The van der Waals surface area contributed by atoms with Crippen molar-refractivity contribution < 1.29 is 4.79 Å². The zero-order chi connectivity index (χ0) is 14.4. The van der Waals surface area contributed by atoms with Crippen LogP contribution in [0.4, 0.5) is 11.4 Å². The third-order valence-corrected chi connectivity index (χ3v) is 2.82. The van der Waals surface area contributed by atoms with Crippen LogP contribution in [0.15, 0.2) is 64.8 Å². The van der Waals surface area contributed by atoms with Crippen LogP contribution in [0, 0.1) is 0 Å². The van der Waals surface area contributed by atoms with Gasteiger partial charge in [-0.1, -0.05) is 30.3 Å². The van der Waals surface area contributed by atoms with Gasteiger partial charge in [0.1, 0.15) is 0 Å². The maximum absolute atomic E-state index is 10.9. The Morgan fingerprint density at radius 1 is 1.05 bits per heavy atom. The van der Waals surface area contributed by atoms with Gasteiger partial charge in [-0.3, -0.25) is 4.79 Å². The number of hydrogen-bond donors (Lipinski definition) is 1. The van der Waals surface area contributed by atoms with Crippen LogP contribution in [-0.2, 0) is 4.79 Å². The van der Waals surface area contributed by atoms with Crippen molar-refractivity contribution in [3.63, 3.8) is 0 Å². The van der Waals surface area contributed by atoms with Gasteiger partial charge in [0, 0.05) is 12.6 Å². The normalized spacial score (nSPS) is 12.3. The van der Waals surface area contributed by atoms with Gasteiger partial charge < -0.3 is 5.32 Å². The van der Waals surface area contributed by atoms with E-state index in [0.29, 0.717) is 0 Å². The molecule has 0 saturated heterocycles. The Labute approximate surface area is 118 Å². The minimum absolute atomic E-state index is 0.0196. The van der Waals surface area contributed by atoms with Crippen molar-refractivity contribution in [1.82, 2.24) is 0 Å². The lowest BCUT2D eigenvalue weighted by Crippen LogP contribution is -2.04. The first kappa shape index (κ1) is 13.9. The molecule has 0 spiro atoms. The van der Waals surface area contributed by atoms with Gasteiger partial charge in [-0.25, -0.2) is 0 Å². The first-order chi connectivity index (χ1) is 9.65. The zero-order valence-corrected chi connectivity index (χ0v) is 11.6. The van der Waals surface area contributed by atoms with Gasteiger partial charge in [-0.05, 0) is 36.8 Å². The average Bonchev–Trinajstić information content (AvgIpc) is 2.46. The maximum Gasteiger partial charge on any atom is 0.221 e. The summed E-state index contributed by atoms with van der Waals surface area (Å²) in [7, 11) is 0. The van der Waals surface area contributed by atoms with Gasteiger partial charge in [-0.2, -0.15) is 10.2 Å². The molecule has 2 aromatic rings. The number of benzene rings is 2. The second-order valence-corrected chi connectivity index (χ2v) is 4.53. The summed E-state index contributed by atoms with van der Waals surface area (Å²) in [4.78, 5) is 10.9. The molecule has 2 rings (SSSR count). The van der Waals surface area contributed by atoms with Crippen LogP contribution in [-0.4, -0.2) is 5.91 Å². The van der Waals surface area contributed by atoms with Crippen molar-refractivity contribution in [3.05, 3.63) is 60.2 Å².